The number of carbonyl (C=O) groups is 3. The van der Waals surface area contributed by atoms with E-state index in [0.29, 0.717) is 5.56 Å². The van der Waals surface area contributed by atoms with Crippen LogP contribution in [0.15, 0.2) is 54.6 Å². The number of benzene rings is 2. The summed E-state index contributed by atoms with van der Waals surface area (Å²) in [6, 6.07) is 16.8. The van der Waals surface area contributed by atoms with Crippen molar-refractivity contribution in [2.45, 2.75) is 78.1 Å². The van der Waals surface area contributed by atoms with Crippen molar-refractivity contribution in [3.63, 3.8) is 0 Å². The average Bonchev–Trinajstić information content (AvgIpc) is 2.75. The van der Waals surface area contributed by atoms with Crippen molar-refractivity contribution in [3.05, 3.63) is 71.3 Å². The van der Waals surface area contributed by atoms with E-state index in [9.17, 15) is 14.4 Å². The fraction of sp³-hybridized carbons (Fsp3) is 0.414. The van der Waals surface area contributed by atoms with Gasteiger partial charge in [-0.15, -0.1) is 0 Å². The molecule has 0 aliphatic carbocycles. The van der Waals surface area contributed by atoms with Crippen LogP contribution >= 0.6 is 0 Å². The second-order valence-electron chi connectivity index (χ2n) is 10.7. The van der Waals surface area contributed by atoms with E-state index >= 15 is 0 Å². The first-order valence-electron chi connectivity index (χ1n) is 11.9. The first-order chi connectivity index (χ1) is 16.7. The van der Waals surface area contributed by atoms with Crippen molar-refractivity contribution < 1.29 is 19.1 Å². The molecule has 0 bridgehead atoms. The normalized spacial score (nSPS) is 13.1. The van der Waals surface area contributed by atoms with Gasteiger partial charge in [0.1, 0.15) is 17.7 Å². The summed E-state index contributed by atoms with van der Waals surface area (Å²) in [6.07, 6.45) is 5.27. The maximum Gasteiger partial charge on any atom is 0.408 e. The maximum absolute atomic E-state index is 13.9. The molecule has 0 radical (unpaired) electrons. The van der Waals surface area contributed by atoms with E-state index in [1.54, 1.807) is 32.9 Å². The van der Waals surface area contributed by atoms with Crippen LogP contribution in [0.2, 0.25) is 0 Å². The molecule has 2 N–H and O–H groups in total. The van der Waals surface area contributed by atoms with E-state index in [-0.39, 0.29) is 6.42 Å². The minimum Gasteiger partial charge on any atom is -0.444 e. The summed E-state index contributed by atoms with van der Waals surface area (Å²) in [5, 5.41) is 5.60. The highest BCUT2D eigenvalue weighted by Gasteiger charge is 2.37. The summed E-state index contributed by atoms with van der Waals surface area (Å²) in [7, 11) is 0. The first-order valence-corrected chi connectivity index (χ1v) is 11.9. The summed E-state index contributed by atoms with van der Waals surface area (Å²) in [5.74, 6) is -1.01. The van der Waals surface area contributed by atoms with Crippen LogP contribution in [-0.4, -0.2) is 40.0 Å². The number of hydrogen-bond acceptors (Lipinski definition) is 4. The topological polar surface area (TPSA) is 87.7 Å². The Labute approximate surface area is 214 Å². The van der Waals surface area contributed by atoms with Gasteiger partial charge in [-0.1, -0.05) is 61.0 Å². The summed E-state index contributed by atoms with van der Waals surface area (Å²) in [6.45, 7) is 12.6. The lowest BCUT2D eigenvalue weighted by Crippen LogP contribution is -2.54. The molecule has 3 amide bonds. The zero-order valence-electron chi connectivity index (χ0n) is 22.2. The van der Waals surface area contributed by atoms with E-state index in [4.69, 9.17) is 11.2 Å². The summed E-state index contributed by atoms with van der Waals surface area (Å²) < 4.78 is 5.40. The number of hydrogen-bond donors (Lipinski definition) is 2. The van der Waals surface area contributed by atoms with E-state index in [2.05, 4.69) is 16.7 Å². The highest BCUT2D eigenvalue weighted by Crippen LogP contribution is 2.26. The molecule has 0 heterocycles. The number of rotatable bonds is 7. The molecule has 7 heteroatoms. The smallest absolute Gasteiger partial charge is 0.408 e. The van der Waals surface area contributed by atoms with Crippen molar-refractivity contribution in [2.24, 2.45) is 0 Å². The number of ether oxygens (including phenoxy) is 1. The van der Waals surface area contributed by atoms with Crippen LogP contribution in [-0.2, 0) is 20.7 Å². The van der Waals surface area contributed by atoms with Crippen molar-refractivity contribution in [1.82, 2.24) is 15.5 Å². The maximum atomic E-state index is 13.9. The Morgan fingerprint density at radius 3 is 2.08 bits per heavy atom. The molecule has 0 aliphatic rings. The largest absolute Gasteiger partial charge is 0.444 e. The zero-order valence-corrected chi connectivity index (χ0v) is 22.2. The van der Waals surface area contributed by atoms with Crippen LogP contribution in [0.4, 0.5) is 4.79 Å². The van der Waals surface area contributed by atoms with Gasteiger partial charge in [0.05, 0.1) is 0 Å². The Bertz CT molecular complexity index is 1110. The predicted molar refractivity (Wildman–Crippen MR) is 141 cm³/mol. The first kappa shape index (κ1) is 28.4. The Morgan fingerprint density at radius 1 is 0.972 bits per heavy atom. The van der Waals surface area contributed by atoms with Gasteiger partial charge in [0.25, 0.3) is 5.91 Å². The molecule has 7 nitrogen and oxygen atoms in total. The fourth-order valence-corrected chi connectivity index (χ4v) is 3.66. The number of amides is 3. The minimum absolute atomic E-state index is 0.165. The van der Waals surface area contributed by atoms with Crippen molar-refractivity contribution in [3.8, 4) is 12.5 Å². The van der Waals surface area contributed by atoms with E-state index in [1.165, 1.54) is 0 Å². The fourth-order valence-electron chi connectivity index (χ4n) is 3.66. The molecule has 0 aromatic heterocycles. The molecule has 2 atom stereocenters. The quantitative estimate of drug-likeness (QED) is 0.441. The summed E-state index contributed by atoms with van der Waals surface area (Å²) >= 11 is 0. The number of nitrogens with one attached hydrogen (secondary N) is 2. The molecule has 2 unspecified atom stereocenters. The SMILES string of the molecule is C#CN(C(=O)C(Cc1ccccc1)NC(=O)OC(C)(C)C)C(C(=O)NC(C)(C)C)c1ccccc1C. The molecule has 0 aliphatic heterocycles. The number of nitrogens with zero attached hydrogens (tertiary/aromatic N) is 1. The van der Waals surface area contributed by atoms with E-state index in [1.807, 2.05) is 70.2 Å². The Hall–Kier alpha value is -3.79. The van der Waals surface area contributed by atoms with Crippen LogP contribution in [0.25, 0.3) is 0 Å². The van der Waals surface area contributed by atoms with Crippen molar-refractivity contribution >= 4 is 17.9 Å². The Kier molecular flexibility index (Phi) is 9.29. The molecule has 2 rings (SSSR count). The molecular weight excluding hydrogens is 454 g/mol. The van der Waals surface area contributed by atoms with Gasteiger partial charge in [-0.2, -0.15) is 0 Å². The van der Waals surface area contributed by atoms with Crippen molar-refractivity contribution in [1.29, 1.82) is 0 Å². The van der Waals surface area contributed by atoms with Crippen LogP contribution in [0.3, 0.4) is 0 Å². The van der Waals surface area contributed by atoms with Gasteiger partial charge in [0.2, 0.25) is 5.91 Å². The monoisotopic (exact) mass is 491 g/mol. The standard InChI is InChI=1S/C29H37N3O4/c1-9-32(24(25(33)31-28(3,4)5)22-18-14-13-15-20(22)2)26(34)23(19-21-16-11-10-12-17-21)30-27(35)36-29(6,7)8/h1,10-18,23-24H,19H2,2-8H3,(H,30,35)(H,31,33). The lowest BCUT2D eigenvalue weighted by atomic mass is 9.96. The number of aryl methyl sites for hydroxylation is 1. The van der Waals surface area contributed by atoms with E-state index < -0.39 is 41.1 Å². The van der Waals surface area contributed by atoms with Crippen LogP contribution in [0.1, 0.15) is 64.3 Å². The van der Waals surface area contributed by atoms with E-state index in [0.717, 1.165) is 16.0 Å². The number of terminal acetylenes is 1. The molecule has 2 aromatic carbocycles. The Balaban J connectivity index is 2.51. The Morgan fingerprint density at radius 2 is 1.56 bits per heavy atom. The third-order valence-electron chi connectivity index (χ3n) is 5.14. The molecular formula is C29H37N3O4. The van der Waals surface area contributed by atoms with Gasteiger partial charge < -0.3 is 15.4 Å². The third-order valence-corrected chi connectivity index (χ3v) is 5.14. The van der Waals surface area contributed by atoms with Crippen LogP contribution in [0, 0.1) is 19.4 Å². The molecule has 192 valence electrons. The van der Waals surface area contributed by atoms with Gasteiger partial charge in [-0.05, 0) is 65.2 Å². The lowest BCUT2D eigenvalue weighted by molar-refractivity contribution is -0.139. The molecule has 2 aromatic rings. The lowest BCUT2D eigenvalue weighted by Gasteiger charge is -2.33. The molecule has 0 saturated heterocycles. The highest BCUT2D eigenvalue weighted by molar-refractivity contribution is 5.93. The summed E-state index contributed by atoms with van der Waals surface area (Å²) in [5.41, 5.74) is 0.905. The second-order valence-corrected chi connectivity index (χ2v) is 10.7. The third kappa shape index (κ3) is 8.46. The van der Waals surface area contributed by atoms with Crippen molar-refractivity contribution in [2.75, 3.05) is 0 Å². The van der Waals surface area contributed by atoms with Gasteiger partial charge in [0, 0.05) is 18.0 Å². The zero-order chi connectivity index (χ0) is 27.1. The predicted octanol–water partition coefficient (Wildman–Crippen LogP) is 4.51. The molecule has 0 fully saturated rings. The average molecular weight is 492 g/mol. The number of alkyl carbamates (subject to hydrolysis) is 1. The minimum atomic E-state index is -1.10. The second kappa shape index (κ2) is 11.8. The molecule has 36 heavy (non-hydrogen) atoms. The van der Waals surface area contributed by atoms with Crippen LogP contribution in [0.5, 0.6) is 0 Å². The van der Waals surface area contributed by atoms with Gasteiger partial charge >= 0.3 is 6.09 Å². The molecule has 0 saturated carbocycles. The highest BCUT2D eigenvalue weighted by atomic mass is 16.6. The van der Waals surface area contributed by atoms with Gasteiger partial charge in [-0.3, -0.25) is 14.5 Å². The van der Waals surface area contributed by atoms with Gasteiger partial charge in [-0.25, -0.2) is 4.79 Å². The molecule has 0 spiro atoms. The van der Waals surface area contributed by atoms with Gasteiger partial charge in [0.15, 0.2) is 0 Å². The number of carbonyl (C=O) groups excluding carboxylic acids is 3. The van der Waals surface area contributed by atoms with Crippen LogP contribution < -0.4 is 10.6 Å². The summed E-state index contributed by atoms with van der Waals surface area (Å²) in [4.78, 5) is 41.1.